The molecule has 0 bridgehead atoms. The predicted molar refractivity (Wildman–Crippen MR) is 94.1 cm³/mol. The molecular weight excluding hydrogens is 298 g/mol. The molecule has 0 amide bonds. The van der Waals surface area contributed by atoms with Crippen molar-refractivity contribution in [1.82, 2.24) is 10.6 Å². The molecule has 0 aromatic rings. The Kier molecular flexibility index (Phi) is 7.66. The number of guanidine groups is 1. The van der Waals surface area contributed by atoms with Crippen molar-refractivity contribution in [2.75, 3.05) is 25.1 Å². The summed E-state index contributed by atoms with van der Waals surface area (Å²) in [4.78, 5) is 4.77. The van der Waals surface area contributed by atoms with Crippen molar-refractivity contribution < 1.29 is 8.42 Å². The fourth-order valence-corrected chi connectivity index (χ4v) is 3.79. The Bertz CT molecular complexity index is 454. The molecule has 1 aliphatic rings. The van der Waals surface area contributed by atoms with E-state index >= 15 is 0 Å². The molecule has 6 heteroatoms. The van der Waals surface area contributed by atoms with E-state index in [9.17, 15) is 8.42 Å². The number of sulfone groups is 1. The lowest BCUT2D eigenvalue weighted by Crippen LogP contribution is -2.43. The molecule has 0 saturated heterocycles. The number of hydrogen-bond acceptors (Lipinski definition) is 3. The van der Waals surface area contributed by atoms with Gasteiger partial charge in [0.05, 0.1) is 5.75 Å². The maximum atomic E-state index is 11.3. The molecule has 1 fully saturated rings. The molecule has 22 heavy (non-hydrogen) atoms. The second-order valence-corrected chi connectivity index (χ2v) is 8.98. The van der Waals surface area contributed by atoms with E-state index in [1.54, 1.807) is 0 Å². The number of nitrogens with zero attached hydrogens (tertiary/aromatic N) is 1. The lowest BCUT2D eigenvalue weighted by Gasteiger charge is -2.26. The van der Waals surface area contributed by atoms with E-state index < -0.39 is 9.84 Å². The van der Waals surface area contributed by atoms with E-state index in [1.807, 2.05) is 13.8 Å². The molecule has 1 saturated carbocycles. The Morgan fingerprint density at radius 2 is 1.91 bits per heavy atom. The third-order valence-corrected chi connectivity index (χ3v) is 5.61. The Hall–Kier alpha value is -0.780. The van der Waals surface area contributed by atoms with E-state index in [-0.39, 0.29) is 11.8 Å². The summed E-state index contributed by atoms with van der Waals surface area (Å²) in [5.41, 5.74) is 0.373. The predicted octanol–water partition coefficient (Wildman–Crippen LogP) is 2.34. The molecule has 0 aromatic heterocycles. The van der Waals surface area contributed by atoms with Crippen LogP contribution in [-0.2, 0) is 9.84 Å². The van der Waals surface area contributed by atoms with Crippen molar-refractivity contribution in [2.45, 2.75) is 65.3 Å². The monoisotopic (exact) mass is 331 g/mol. The minimum Gasteiger partial charge on any atom is -0.357 e. The summed E-state index contributed by atoms with van der Waals surface area (Å²) in [5.74, 6) is 1.02. The number of hydrogen-bond donors (Lipinski definition) is 2. The van der Waals surface area contributed by atoms with Crippen LogP contribution in [-0.4, -0.2) is 45.5 Å². The highest BCUT2D eigenvalue weighted by molar-refractivity contribution is 7.90. The highest BCUT2D eigenvalue weighted by Crippen LogP contribution is 2.41. The van der Waals surface area contributed by atoms with Gasteiger partial charge in [0.2, 0.25) is 0 Å². The van der Waals surface area contributed by atoms with E-state index in [1.165, 1.54) is 38.4 Å². The Morgan fingerprint density at radius 1 is 1.27 bits per heavy atom. The normalized spacial score (nSPS) is 19.9. The first kappa shape index (κ1) is 19.3. The first-order valence-electron chi connectivity index (χ1n) is 8.53. The molecular formula is C16H33N3O2S. The van der Waals surface area contributed by atoms with E-state index in [2.05, 4.69) is 17.6 Å². The molecule has 0 aliphatic heterocycles. The standard InChI is InChI=1S/C16H33N3O2S/c1-5-16(10-7-8-11-16)13-18-15(17-6-2)19-14(3)9-12-22(4,20)21/h14H,5-13H2,1-4H3,(H2,17,18,19). The molecule has 1 rings (SSSR count). The first-order valence-corrected chi connectivity index (χ1v) is 10.6. The second kappa shape index (κ2) is 8.75. The van der Waals surface area contributed by atoms with Crippen LogP contribution in [0.5, 0.6) is 0 Å². The van der Waals surface area contributed by atoms with E-state index in [4.69, 9.17) is 4.99 Å². The summed E-state index contributed by atoms with van der Waals surface area (Å²) in [6.45, 7) is 7.98. The van der Waals surface area contributed by atoms with Gasteiger partial charge in [0.25, 0.3) is 0 Å². The van der Waals surface area contributed by atoms with E-state index in [0.29, 0.717) is 11.8 Å². The summed E-state index contributed by atoms with van der Waals surface area (Å²) >= 11 is 0. The van der Waals surface area contributed by atoms with Crippen molar-refractivity contribution >= 4 is 15.8 Å². The van der Waals surface area contributed by atoms with Crippen LogP contribution in [0, 0.1) is 5.41 Å². The molecule has 0 spiro atoms. The van der Waals surface area contributed by atoms with Gasteiger partial charge in [0.15, 0.2) is 5.96 Å². The Morgan fingerprint density at radius 3 is 2.41 bits per heavy atom. The quantitative estimate of drug-likeness (QED) is 0.529. The molecule has 0 radical (unpaired) electrons. The molecule has 1 atom stereocenters. The highest BCUT2D eigenvalue weighted by atomic mass is 32.2. The second-order valence-electron chi connectivity index (χ2n) is 6.72. The average Bonchev–Trinajstić information content (AvgIpc) is 2.92. The minimum absolute atomic E-state index is 0.0914. The van der Waals surface area contributed by atoms with Crippen LogP contribution in [0.25, 0.3) is 0 Å². The summed E-state index contributed by atoms with van der Waals surface area (Å²) in [5, 5.41) is 6.60. The average molecular weight is 332 g/mol. The minimum atomic E-state index is -2.91. The third kappa shape index (κ3) is 6.99. The van der Waals surface area contributed by atoms with Gasteiger partial charge in [-0.1, -0.05) is 19.8 Å². The first-order chi connectivity index (χ1) is 10.3. The molecule has 2 N–H and O–H groups in total. The fraction of sp³-hybridized carbons (Fsp3) is 0.938. The van der Waals surface area contributed by atoms with Crippen molar-refractivity contribution in [3.8, 4) is 0 Å². The van der Waals surface area contributed by atoms with Crippen LogP contribution in [0.3, 0.4) is 0 Å². The van der Waals surface area contributed by atoms with Gasteiger partial charge < -0.3 is 10.6 Å². The van der Waals surface area contributed by atoms with Gasteiger partial charge in [-0.2, -0.15) is 0 Å². The van der Waals surface area contributed by atoms with Gasteiger partial charge in [-0.25, -0.2) is 8.42 Å². The lowest BCUT2D eigenvalue weighted by molar-refractivity contribution is 0.297. The smallest absolute Gasteiger partial charge is 0.191 e. The van der Waals surface area contributed by atoms with Crippen LogP contribution >= 0.6 is 0 Å². The zero-order chi connectivity index (χ0) is 16.6. The van der Waals surface area contributed by atoms with Gasteiger partial charge in [-0.3, -0.25) is 4.99 Å². The van der Waals surface area contributed by atoms with Crippen molar-refractivity contribution in [2.24, 2.45) is 10.4 Å². The van der Waals surface area contributed by atoms with Crippen LogP contribution in [0.4, 0.5) is 0 Å². The zero-order valence-corrected chi connectivity index (χ0v) is 15.4. The van der Waals surface area contributed by atoms with Crippen molar-refractivity contribution in [3.63, 3.8) is 0 Å². The number of rotatable bonds is 8. The molecule has 1 aliphatic carbocycles. The molecule has 1 unspecified atom stereocenters. The van der Waals surface area contributed by atoms with Gasteiger partial charge in [-0.05, 0) is 44.9 Å². The van der Waals surface area contributed by atoms with Gasteiger partial charge in [-0.15, -0.1) is 0 Å². The third-order valence-electron chi connectivity index (χ3n) is 4.64. The molecule has 0 heterocycles. The maximum absolute atomic E-state index is 11.3. The van der Waals surface area contributed by atoms with Gasteiger partial charge >= 0.3 is 0 Å². The molecule has 130 valence electrons. The zero-order valence-electron chi connectivity index (χ0n) is 14.6. The van der Waals surface area contributed by atoms with Crippen LogP contribution < -0.4 is 10.6 Å². The topological polar surface area (TPSA) is 70.6 Å². The summed E-state index contributed by atoms with van der Waals surface area (Å²) in [7, 11) is -2.91. The Labute approximate surface area is 136 Å². The summed E-state index contributed by atoms with van der Waals surface area (Å²) < 4.78 is 22.5. The lowest BCUT2D eigenvalue weighted by atomic mass is 9.84. The number of aliphatic imine (C=N–C) groups is 1. The van der Waals surface area contributed by atoms with Crippen LogP contribution in [0.1, 0.15) is 59.3 Å². The van der Waals surface area contributed by atoms with Crippen LogP contribution in [0.15, 0.2) is 4.99 Å². The SMILES string of the molecule is CCNC(=NCC1(CC)CCCC1)NC(C)CCS(C)(=O)=O. The molecule has 5 nitrogen and oxygen atoms in total. The molecule has 0 aromatic carbocycles. The van der Waals surface area contributed by atoms with Crippen molar-refractivity contribution in [1.29, 1.82) is 0 Å². The number of nitrogens with one attached hydrogen (secondary N) is 2. The fourth-order valence-electron chi connectivity index (χ4n) is 3.01. The maximum Gasteiger partial charge on any atom is 0.191 e. The van der Waals surface area contributed by atoms with Crippen LogP contribution in [0.2, 0.25) is 0 Å². The van der Waals surface area contributed by atoms with Gasteiger partial charge in [0, 0.05) is 25.4 Å². The summed E-state index contributed by atoms with van der Waals surface area (Å²) in [6.07, 6.45) is 8.24. The van der Waals surface area contributed by atoms with E-state index in [0.717, 1.165) is 19.0 Å². The van der Waals surface area contributed by atoms with Crippen molar-refractivity contribution in [3.05, 3.63) is 0 Å². The largest absolute Gasteiger partial charge is 0.357 e. The highest BCUT2D eigenvalue weighted by Gasteiger charge is 2.31. The Balaban J connectivity index is 2.58. The van der Waals surface area contributed by atoms with Gasteiger partial charge in [0.1, 0.15) is 9.84 Å². The summed E-state index contributed by atoms with van der Waals surface area (Å²) in [6, 6.07) is 0.0914.